The van der Waals surface area contributed by atoms with E-state index in [1.807, 2.05) is 19.1 Å². The monoisotopic (exact) mass is 351 g/mol. The topological polar surface area (TPSA) is 92.8 Å². The zero-order valence-corrected chi connectivity index (χ0v) is 15.4. The molecule has 1 rings (SSSR count). The van der Waals surface area contributed by atoms with Gasteiger partial charge in [0.05, 0.1) is 6.61 Å². The van der Waals surface area contributed by atoms with Crippen LogP contribution in [0, 0.1) is 30.9 Å². The molecule has 0 fully saturated rings. The fourth-order valence-electron chi connectivity index (χ4n) is 2.76. The summed E-state index contributed by atoms with van der Waals surface area (Å²) in [5, 5.41) is 29.6. The third kappa shape index (κ3) is 6.64. The summed E-state index contributed by atoms with van der Waals surface area (Å²) in [6, 6.07) is 0. The maximum absolute atomic E-state index is 10.2. The molecule has 0 aliphatic carbocycles. The van der Waals surface area contributed by atoms with Crippen LogP contribution in [0.2, 0.25) is 0 Å². The Morgan fingerprint density at radius 1 is 0.920 bits per heavy atom. The maximum Gasteiger partial charge on any atom is 0.294 e. The van der Waals surface area contributed by atoms with E-state index in [9.17, 15) is 20.3 Å². The Morgan fingerprint density at radius 3 is 2.12 bits per heavy atom. The van der Waals surface area contributed by atoms with Crippen molar-refractivity contribution >= 4 is 6.08 Å². The number of aromatic hydroxyl groups is 2. The first kappa shape index (κ1) is 20.8. The number of allylic oxidation sites excluding steroid dienone is 1. The molecule has 0 unspecified atom stereocenters. The van der Waals surface area contributed by atoms with Crippen LogP contribution in [0.5, 0.6) is 11.5 Å². The van der Waals surface area contributed by atoms with Crippen LogP contribution >= 0.6 is 0 Å². The molecular weight excluding hydrogens is 322 g/mol. The highest BCUT2D eigenvalue weighted by Crippen LogP contribution is 2.36. The van der Waals surface area contributed by atoms with Gasteiger partial charge < -0.3 is 15.1 Å². The Kier molecular flexibility index (Phi) is 8.81. The van der Waals surface area contributed by atoms with Gasteiger partial charge in [-0.2, -0.15) is 0 Å². The summed E-state index contributed by atoms with van der Waals surface area (Å²) < 4.78 is 0. The molecule has 0 aliphatic rings. The van der Waals surface area contributed by atoms with Crippen LogP contribution in [0.15, 0.2) is 6.08 Å². The smallest absolute Gasteiger partial charge is 0.294 e. The summed E-state index contributed by atoms with van der Waals surface area (Å²) in [4.78, 5) is 14.2. The van der Waals surface area contributed by atoms with Crippen molar-refractivity contribution in [2.24, 2.45) is 0 Å². The molecule has 140 valence electrons. The lowest BCUT2D eigenvalue weighted by atomic mass is 9.97. The van der Waals surface area contributed by atoms with Crippen molar-refractivity contribution < 1.29 is 20.1 Å². The molecule has 0 aliphatic heterocycles. The molecule has 0 bridgehead atoms. The van der Waals surface area contributed by atoms with Gasteiger partial charge in [-0.25, -0.2) is 0 Å². The molecule has 0 atom stereocenters. The van der Waals surface area contributed by atoms with Gasteiger partial charge in [-0.3, -0.25) is 0 Å². The van der Waals surface area contributed by atoms with E-state index in [1.54, 1.807) is 13.8 Å². The summed E-state index contributed by atoms with van der Waals surface area (Å²) in [6.07, 6.45) is 10.8. The minimum absolute atomic E-state index is 0.182. The average Bonchev–Trinajstić information content (AvgIpc) is 2.58. The molecule has 6 heteroatoms. The van der Waals surface area contributed by atoms with Crippen molar-refractivity contribution in [2.45, 2.75) is 65.7 Å². The largest absolute Gasteiger partial charge is 0.507 e. The van der Waals surface area contributed by atoms with Crippen molar-refractivity contribution in [1.82, 2.24) is 0 Å². The number of nitrogens with zero attached hydrogens (tertiary/aromatic N) is 1. The Morgan fingerprint density at radius 2 is 1.48 bits per heavy atom. The van der Waals surface area contributed by atoms with Crippen LogP contribution in [0.4, 0.5) is 0 Å². The van der Waals surface area contributed by atoms with E-state index in [0.717, 1.165) is 50.5 Å². The molecule has 0 radical (unpaired) electrons. The molecule has 2 N–H and O–H groups in total. The number of rotatable bonds is 11. The molecular formula is C19H29NO5. The molecule has 0 saturated heterocycles. The second kappa shape index (κ2) is 10.6. The van der Waals surface area contributed by atoms with Crippen molar-refractivity contribution in [3.05, 3.63) is 38.4 Å². The first-order valence-electron chi connectivity index (χ1n) is 8.81. The Hall–Kier alpha value is -2.24. The van der Waals surface area contributed by atoms with E-state index in [1.165, 1.54) is 0 Å². The summed E-state index contributed by atoms with van der Waals surface area (Å²) in [5.41, 5.74) is 2.82. The average molecular weight is 351 g/mol. The van der Waals surface area contributed by atoms with Crippen molar-refractivity contribution in [3.8, 4) is 11.5 Å². The van der Waals surface area contributed by atoms with Crippen molar-refractivity contribution in [2.75, 3.05) is 6.61 Å². The maximum atomic E-state index is 10.2. The van der Waals surface area contributed by atoms with Crippen LogP contribution in [0.25, 0.3) is 6.08 Å². The van der Waals surface area contributed by atoms with Crippen molar-refractivity contribution in [3.63, 3.8) is 0 Å². The van der Waals surface area contributed by atoms with Crippen LogP contribution < -0.4 is 0 Å². The molecule has 25 heavy (non-hydrogen) atoms. The number of phenolic OH excluding ortho intramolecular Hbond substituents is 2. The molecule has 1 aromatic carbocycles. The predicted octanol–water partition coefficient (Wildman–Crippen LogP) is 4.98. The lowest BCUT2D eigenvalue weighted by Crippen LogP contribution is -2.01. The van der Waals surface area contributed by atoms with Gasteiger partial charge in [-0.05, 0) is 51.2 Å². The summed E-state index contributed by atoms with van der Waals surface area (Å²) in [5.74, 6) is 0.483. The summed E-state index contributed by atoms with van der Waals surface area (Å²) in [7, 11) is 0. The fourth-order valence-corrected chi connectivity index (χ4v) is 2.76. The minimum Gasteiger partial charge on any atom is -0.507 e. The van der Waals surface area contributed by atoms with Gasteiger partial charge >= 0.3 is 0 Å². The highest BCUT2D eigenvalue weighted by Gasteiger charge is 2.14. The normalized spacial score (nSPS) is 11.2. The van der Waals surface area contributed by atoms with Crippen LogP contribution in [-0.2, 0) is 4.84 Å². The molecule has 6 nitrogen and oxygen atoms in total. The van der Waals surface area contributed by atoms with Gasteiger partial charge in [0.1, 0.15) is 11.5 Å². The zero-order valence-electron chi connectivity index (χ0n) is 15.4. The summed E-state index contributed by atoms with van der Waals surface area (Å²) in [6.45, 7) is 5.59. The Labute approximate surface area is 149 Å². The lowest BCUT2D eigenvalue weighted by Gasteiger charge is -2.13. The standard InChI is InChI=1S/C19H29NO5/c1-14-15(2)19(22)17(16(3)18(14)21)12-10-8-6-4-5-7-9-11-13-25-20(23)24/h10,12,21-22H,4-9,11,13H2,1-3H3/b12-10+. The SMILES string of the molecule is Cc1c(C)c(O)c(/C=C/CCCCCCCCO[N+](=O)[O-])c(C)c1O. The molecule has 1 aromatic rings. The molecule has 0 saturated carbocycles. The van der Waals surface area contributed by atoms with Gasteiger partial charge in [0.15, 0.2) is 0 Å². The van der Waals surface area contributed by atoms with E-state index in [4.69, 9.17) is 0 Å². The first-order chi connectivity index (χ1) is 11.9. The highest BCUT2D eigenvalue weighted by molar-refractivity contribution is 5.68. The minimum atomic E-state index is -0.749. The molecule has 0 heterocycles. The second-order valence-electron chi connectivity index (χ2n) is 6.36. The van der Waals surface area contributed by atoms with Crippen LogP contribution in [0.3, 0.4) is 0 Å². The molecule has 0 amide bonds. The summed E-state index contributed by atoms with van der Waals surface area (Å²) >= 11 is 0. The van der Waals surface area contributed by atoms with Crippen LogP contribution in [-0.4, -0.2) is 21.9 Å². The van der Waals surface area contributed by atoms with Gasteiger partial charge in [-0.1, -0.05) is 37.8 Å². The first-order valence-corrected chi connectivity index (χ1v) is 8.81. The molecule has 0 aromatic heterocycles. The van der Waals surface area contributed by atoms with Crippen molar-refractivity contribution in [1.29, 1.82) is 0 Å². The Balaban J connectivity index is 2.28. The van der Waals surface area contributed by atoms with E-state index in [-0.39, 0.29) is 18.1 Å². The van der Waals surface area contributed by atoms with E-state index in [0.29, 0.717) is 16.7 Å². The number of hydrogen-bond acceptors (Lipinski definition) is 5. The number of phenols is 2. The highest BCUT2D eigenvalue weighted by atomic mass is 16.9. The van der Waals surface area contributed by atoms with Gasteiger partial charge in [0.25, 0.3) is 5.09 Å². The zero-order chi connectivity index (χ0) is 18.8. The van der Waals surface area contributed by atoms with Gasteiger partial charge in [-0.15, -0.1) is 10.1 Å². The second-order valence-corrected chi connectivity index (χ2v) is 6.36. The Bertz CT molecular complexity index is 581. The van der Waals surface area contributed by atoms with Gasteiger partial charge in [0.2, 0.25) is 0 Å². The predicted molar refractivity (Wildman–Crippen MR) is 98.3 cm³/mol. The number of hydrogen-bond donors (Lipinski definition) is 2. The van der Waals surface area contributed by atoms with E-state index < -0.39 is 5.09 Å². The third-order valence-electron chi connectivity index (χ3n) is 4.53. The molecule has 0 spiro atoms. The number of unbranched alkanes of at least 4 members (excludes halogenated alkanes) is 6. The lowest BCUT2D eigenvalue weighted by molar-refractivity contribution is -0.757. The quantitative estimate of drug-likeness (QED) is 0.254. The third-order valence-corrected chi connectivity index (χ3v) is 4.53. The van der Waals surface area contributed by atoms with Crippen LogP contribution in [0.1, 0.15) is 67.2 Å². The number of benzene rings is 1. The fraction of sp³-hybridized carbons (Fsp3) is 0.579. The van der Waals surface area contributed by atoms with E-state index in [2.05, 4.69) is 4.84 Å². The van der Waals surface area contributed by atoms with Gasteiger partial charge in [0, 0.05) is 11.1 Å². The van der Waals surface area contributed by atoms with E-state index >= 15 is 0 Å².